The molecule has 0 heterocycles. The molecule has 0 aliphatic heterocycles. The fraction of sp³-hybridized carbons (Fsp3) is 0.409. The number of halogens is 2. The number of nitrogens with zero attached hydrogens (tertiary/aromatic N) is 2. The summed E-state index contributed by atoms with van der Waals surface area (Å²) >= 11 is 12.0. The van der Waals surface area contributed by atoms with Crippen LogP contribution in [0.15, 0.2) is 35.3 Å². The summed E-state index contributed by atoms with van der Waals surface area (Å²) in [5.74, 6) is -1.97. The Hall–Kier alpha value is -2.71. The van der Waals surface area contributed by atoms with Gasteiger partial charge < -0.3 is 20.7 Å². The third kappa shape index (κ3) is 10.1. The third-order valence-electron chi connectivity index (χ3n) is 4.56. The predicted octanol–water partition coefficient (Wildman–Crippen LogP) is 2.48. The second kappa shape index (κ2) is 14.5. The van der Waals surface area contributed by atoms with Crippen molar-refractivity contribution in [3.63, 3.8) is 0 Å². The van der Waals surface area contributed by atoms with Crippen LogP contribution in [0.3, 0.4) is 0 Å². The first-order chi connectivity index (χ1) is 16.0. The van der Waals surface area contributed by atoms with Crippen LogP contribution in [0.25, 0.3) is 0 Å². The van der Waals surface area contributed by atoms with Crippen LogP contribution in [0.5, 0.6) is 0 Å². The molecule has 0 aromatic heterocycles. The molecule has 12 heteroatoms. The number of nitriles is 1. The summed E-state index contributed by atoms with van der Waals surface area (Å²) in [6.45, 7) is 7.21. The predicted molar refractivity (Wildman–Crippen MR) is 131 cm³/mol. The maximum absolute atomic E-state index is 12.9. The molecule has 9 nitrogen and oxygen atoms in total. The van der Waals surface area contributed by atoms with E-state index in [9.17, 15) is 24.4 Å². The fourth-order valence-electron chi connectivity index (χ4n) is 2.84. The number of aliphatic imine (C=N–C) groups is 1. The zero-order chi connectivity index (χ0) is 25.8. The van der Waals surface area contributed by atoms with Gasteiger partial charge in [-0.25, -0.2) is 4.99 Å². The van der Waals surface area contributed by atoms with Crippen LogP contribution in [0.1, 0.15) is 49.9 Å². The molecule has 182 valence electrons. The van der Waals surface area contributed by atoms with Crippen LogP contribution >= 0.6 is 23.2 Å². The van der Waals surface area contributed by atoms with Gasteiger partial charge in [0.15, 0.2) is 0 Å². The quantitative estimate of drug-likeness (QED) is 0.112. The minimum Gasteiger partial charge on any atom is -0.422 e. The molecule has 0 saturated carbocycles. The van der Waals surface area contributed by atoms with Crippen molar-refractivity contribution in [2.75, 3.05) is 6.54 Å². The van der Waals surface area contributed by atoms with Crippen LogP contribution in [0.4, 0.5) is 0 Å². The molecule has 0 bridgehead atoms. The fourth-order valence-corrected chi connectivity index (χ4v) is 3.22. The van der Waals surface area contributed by atoms with Gasteiger partial charge in [0.1, 0.15) is 17.7 Å². The first-order valence-corrected chi connectivity index (χ1v) is 11.3. The number of amides is 3. The Labute approximate surface area is 209 Å². The lowest BCUT2D eigenvalue weighted by Crippen LogP contribution is -2.41. The summed E-state index contributed by atoms with van der Waals surface area (Å²) in [5.41, 5.74) is -0.251. The minimum absolute atomic E-state index is 0.0124. The van der Waals surface area contributed by atoms with Gasteiger partial charge in [-0.2, -0.15) is 5.26 Å². The molecule has 4 N–H and O–H groups in total. The van der Waals surface area contributed by atoms with Crippen LogP contribution in [-0.2, 0) is 9.59 Å². The number of benzene rings is 1. The van der Waals surface area contributed by atoms with E-state index >= 15 is 0 Å². The number of unbranched alkanes of at least 4 members (excludes halogenated alkanes) is 1. The summed E-state index contributed by atoms with van der Waals surface area (Å²) in [5, 5.41) is 33.3. The number of rotatable bonds is 12. The van der Waals surface area contributed by atoms with Gasteiger partial charge in [-0.3, -0.25) is 14.4 Å². The van der Waals surface area contributed by atoms with Gasteiger partial charge >= 0.3 is 7.12 Å². The van der Waals surface area contributed by atoms with E-state index in [1.54, 1.807) is 6.07 Å². The van der Waals surface area contributed by atoms with Gasteiger partial charge in [0, 0.05) is 11.6 Å². The highest BCUT2D eigenvalue weighted by Crippen LogP contribution is 2.21. The van der Waals surface area contributed by atoms with Crippen LogP contribution in [-0.4, -0.2) is 53.1 Å². The van der Waals surface area contributed by atoms with Gasteiger partial charge in [0.25, 0.3) is 17.7 Å². The SMILES string of the molecule is C=C(C#N)C(=O)NCCCC[C@H](NC(=O)c1cc(Cl)ccc1Cl)C(=O)N=C(CC(C)C)B(O)O. The second-order valence-electron chi connectivity index (χ2n) is 7.91. The maximum Gasteiger partial charge on any atom is 0.503 e. The maximum atomic E-state index is 12.9. The van der Waals surface area contributed by atoms with Gasteiger partial charge in [-0.1, -0.05) is 43.6 Å². The van der Waals surface area contributed by atoms with E-state index < -0.39 is 30.9 Å². The number of nitrogens with one attached hydrogen (secondary N) is 2. The molecule has 0 spiro atoms. The van der Waals surface area contributed by atoms with Crippen molar-refractivity contribution in [1.29, 1.82) is 5.26 Å². The van der Waals surface area contributed by atoms with Crippen molar-refractivity contribution < 1.29 is 24.4 Å². The monoisotopic (exact) mass is 508 g/mol. The first kappa shape index (κ1) is 29.3. The highest BCUT2D eigenvalue weighted by Gasteiger charge is 2.26. The number of hydrogen-bond donors (Lipinski definition) is 4. The lowest BCUT2D eigenvalue weighted by molar-refractivity contribution is -0.120. The second-order valence-corrected chi connectivity index (χ2v) is 8.75. The molecule has 1 aromatic rings. The first-order valence-electron chi connectivity index (χ1n) is 10.6. The van der Waals surface area contributed by atoms with Crippen molar-refractivity contribution >= 4 is 53.7 Å². The van der Waals surface area contributed by atoms with E-state index in [4.69, 9.17) is 28.5 Å². The zero-order valence-electron chi connectivity index (χ0n) is 19.0. The summed E-state index contributed by atoms with van der Waals surface area (Å²) < 4.78 is 0. The average molecular weight is 509 g/mol. The van der Waals surface area contributed by atoms with E-state index in [2.05, 4.69) is 22.2 Å². The van der Waals surface area contributed by atoms with Crippen LogP contribution in [0, 0.1) is 17.2 Å². The molecule has 0 aliphatic carbocycles. The molecule has 1 aromatic carbocycles. The molecule has 0 radical (unpaired) electrons. The Morgan fingerprint density at radius 3 is 2.50 bits per heavy atom. The summed E-state index contributed by atoms with van der Waals surface area (Å²) in [4.78, 5) is 41.1. The van der Waals surface area contributed by atoms with E-state index in [1.165, 1.54) is 18.2 Å². The molecule has 0 fully saturated rings. The molecular weight excluding hydrogens is 482 g/mol. The van der Waals surface area contributed by atoms with Gasteiger partial charge in [-0.05, 0) is 49.8 Å². The molecule has 1 rings (SSSR count). The van der Waals surface area contributed by atoms with E-state index in [1.807, 2.05) is 13.8 Å². The zero-order valence-corrected chi connectivity index (χ0v) is 20.5. The summed E-state index contributed by atoms with van der Waals surface area (Å²) in [6.07, 6.45) is 1.17. The molecule has 0 saturated heterocycles. The van der Waals surface area contributed by atoms with Crippen molar-refractivity contribution in [3.05, 3.63) is 46.0 Å². The Morgan fingerprint density at radius 1 is 1.24 bits per heavy atom. The Balaban J connectivity index is 2.97. The van der Waals surface area contributed by atoms with Crippen molar-refractivity contribution in [1.82, 2.24) is 10.6 Å². The Kier molecular flexibility index (Phi) is 12.5. The molecule has 34 heavy (non-hydrogen) atoms. The van der Waals surface area contributed by atoms with Crippen molar-refractivity contribution in [3.8, 4) is 6.07 Å². The lowest BCUT2D eigenvalue weighted by Gasteiger charge is -2.17. The molecule has 1 atom stereocenters. The van der Waals surface area contributed by atoms with Crippen molar-refractivity contribution in [2.24, 2.45) is 10.9 Å². The molecular formula is C22H27BCl2N4O5. The smallest absolute Gasteiger partial charge is 0.422 e. The number of carbonyl (C=O) groups excluding carboxylic acids is 3. The van der Waals surface area contributed by atoms with E-state index in [0.717, 1.165) is 0 Å². The topological polar surface area (TPSA) is 152 Å². The normalized spacial score (nSPS) is 12.0. The van der Waals surface area contributed by atoms with E-state index in [-0.39, 0.29) is 52.1 Å². The van der Waals surface area contributed by atoms with E-state index in [0.29, 0.717) is 12.8 Å². The highest BCUT2D eigenvalue weighted by atomic mass is 35.5. The highest BCUT2D eigenvalue weighted by molar-refractivity contribution is 6.80. The molecule has 0 unspecified atom stereocenters. The molecule has 3 amide bonds. The average Bonchev–Trinajstić information content (AvgIpc) is 2.77. The summed E-state index contributed by atoms with van der Waals surface area (Å²) in [7, 11) is -1.91. The molecule has 0 aliphatic rings. The Bertz CT molecular complexity index is 992. The standard InChI is InChI=1S/C22H27BCl2N4O5/c1-13(2)10-19(23(33)34)29-22(32)18(6-4-5-9-27-20(30)14(3)12-26)28-21(31)16-11-15(24)7-8-17(16)25/h7-8,11,13,18,33-34H,3-6,9-10H2,1-2H3,(H,27,30)(H,28,31)/t18-/m0/s1. The van der Waals surface area contributed by atoms with Crippen LogP contribution in [0.2, 0.25) is 10.0 Å². The van der Waals surface area contributed by atoms with Gasteiger partial charge in [-0.15, -0.1) is 0 Å². The van der Waals surface area contributed by atoms with Gasteiger partial charge in [0.05, 0.1) is 16.2 Å². The Morgan fingerprint density at radius 2 is 1.91 bits per heavy atom. The number of carbonyl (C=O) groups is 3. The largest absolute Gasteiger partial charge is 0.503 e. The van der Waals surface area contributed by atoms with Crippen molar-refractivity contribution in [2.45, 2.75) is 45.6 Å². The minimum atomic E-state index is -1.91. The summed E-state index contributed by atoms with van der Waals surface area (Å²) in [6, 6.07) is 4.90. The van der Waals surface area contributed by atoms with Gasteiger partial charge in [0.2, 0.25) is 0 Å². The third-order valence-corrected chi connectivity index (χ3v) is 5.12. The number of hydrogen-bond acceptors (Lipinski definition) is 6. The lowest BCUT2D eigenvalue weighted by atomic mass is 9.78. The van der Waals surface area contributed by atoms with Crippen LogP contribution < -0.4 is 10.6 Å².